The van der Waals surface area contributed by atoms with E-state index in [0.717, 1.165) is 21.9 Å². The number of benzene rings is 1. The van der Waals surface area contributed by atoms with Crippen LogP contribution in [0.2, 0.25) is 0 Å². The summed E-state index contributed by atoms with van der Waals surface area (Å²) in [5.74, 6) is 0. The Morgan fingerprint density at radius 1 is 1.04 bits per heavy atom. The molecule has 23 heavy (non-hydrogen) atoms. The molecule has 4 aromatic rings. The molecule has 1 aromatic carbocycles. The van der Waals surface area contributed by atoms with Gasteiger partial charge in [0.25, 0.3) is 0 Å². The van der Waals surface area contributed by atoms with Crippen molar-refractivity contribution < 1.29 is 4.74 Å². The third-order valence-electron chi connectivity index (χ3n) is 3.41. The first-order chi connectivity index (χ1) is 11.4. The van der Waals surface area contributed by atoms with E-state index in [9.17, 15) is 0 Å². The topological polar surface area (TPSA) is 57.2 Å². The van der Waals surface area contributed by atoms with E-state index >= 15 is 0 Å². The molecular weight excluding hydrogens is 310 g/mol. The van der Waals surface area contributed by atoms with Gasteiger partial charge in [-0.15, -0.1) is 16.4 Å². The summed E-state index contributed by atoms with van der Waals surface area (Å²) in [5.41, 5.74) is 2.94. The number of nitrogens with zero attached hydrogens (tertiary/aromatic N) is 5. The number of fused-ring (bicyclic) bond motifs is 1. The lowest BCUT2D eigenvalue weighted by atomic mass is 10.2. The van der Waals surface area contributed by atoms with Crippen LogP contribution in [-0.2, 0) is 24.5 Å². The van der Waals surface area contributed by atoms with Crippen LogP contribution in [0.3, 0.4) is 0 Å². The number of thiazole rings is 1. The van der Waals surface area contributed by atoms with Crippen molar-refractivity contribution in [2.24, 2.45) is 0 Å². The van der Waals surface area contributed by atoms with E-state index in [-0.39, 0.29) is 0 Å². The Morgan fingerprint density at radius 2 is 1.96 bits per heavy atom. The Bertz CT molecular complexity index is 867. The van der Waals surface area contributed by atoms with E-state index in [1.54, 1.807) is 16.0 Å². The number of ether oxygens (including phenoxy) is 1. The number of aromatic nitrogens is 5. The van der Waals surface area contributed by atoms with Gasteiger partial charge in [-0.2, -0.15) is 0 Å². The Hall–Kier alpha value is -2.51. The van der Waals surface area contributed by atoms with Gasteiger partial charge in [-0.1, -0.05) is 35.5 Å². The molecule has 0 fully saturated rings. The quantitative estimate of drug-likeness (QED) is 0.547. The lowest BCUT2D eigenvalue weighted by molar-refractivity contribution is 0.104. The van der Waals surface area contributed by atoms with Crippen LogP contribution in [0.4, 0.5) is 0 Å². The van der Waals surface area contributed by atoms with Gasteiger partial charge in [0.05, 0.1) is 31.6 Å². The molecule has 0 N–H and O–H groups in total. The Balaban J connectivity index is 1.34. The van der Waals surface area contributed by atoms with Crippen molar-refractivity contribution in [1.29, 1.82) is 0 Å². The molecule has 3 heterocycles. The molecule has 6 nitrogen and oxygen atoms in total. The first kappa shape index (κ1) is 14.1. The zero-order chi connectivity index (χ0) is 15.5. The van der Waals surface area contributed by atoms with Crippen LogP contribution in [0.5, 0.6) is 0 Å². The van der Waals surface area contributed by atoms with Crippen molar-refractivity contribution in [1.82, 2.24) is 24.4 Å². The van der Waals surface area contributed by atoms with E-state index < -0.39 is 0 Å². The minimum Gasteiger partial charge on any atom is -0.370 e. The molecule has 0 spiro atoms. The second-order valence-corrected chi connectivity index (χ2v) is 6.08. The zero-order valence-corrected chi connectivity index (χ0v) is 13.2. The molecule has 116 valence electrons. The van der Waals surface area contributed by atoms with Gasteiger partial charge in [-0.3, -0.25) is 4.40 Å². The average molecular weight is 325 g/mol. The highest BCUT2D eigenvalue weighted by Crippen LogP contribution is 2.12. The number of rotatable bonds is 6. The zero-order valence-electron chi connectivity index (χ0n) is 12.4. The summed E-state index contributed by atoms with van der Waals surface area (Å²) >= 11 is 1.62. The normalized spacial score (nSPS) is 11.3. The predicted octanol–water partition coefficient (Wildman–Crippen LogP) is 2.75. The molecule has 0 aliphatic heterocycles. The highest BCUT2D eigenvalue weighted by Gasteiger charge is 2.06. The van der Waals surface area contributed by atoms with Gasteiger partial charge < -0.3 is 4.74 Å². The van der Waals surface area contributed by atoms with Gasteiger partial charge >= 0.3 is 0 Å². The van der Waals surface area contributed by atoms with Crippen molar-refractivity contribution in [3.63, 3.8) is 0 Å². The minimum absolute atomic E-state index is 0.452. The molecule has 0 saturated heterocycles. The van der Waals surface area contributed by atoms with Crippen LogP contribution in [-0.4, -0.2) is 24.4 Å². The van der Waals surface area contributed by atoms with Gasteiger partial charge in [-0.05, 0) is 5.56 Å². The van der Waals surface area contributed by atoms with Crippen LogP contribution >= 0.6 is 11.3 Å². The lowest BCUT2D eigenvalue weighted by Crippen LogP contribution is -2.00. The summed E-state index contributed by atoms with van der Waals surface area (Å²) in [6.45, 7) is 1.64. The summed E-state index contributed by atoms with van der Waals surface area (Å²) in [6.07, 6.45) is 5.91. The monoisotopic (exact) mass is 325 g/mol. The summed E-state index contributed by atoms with van der Waals surface area (Å²) in [6, 6.07) is 10.1. The number of hydrogen-bond acceptors (Lipinski definition) is 5. The standard InChI is InChI=1S/C16H15N5OS/c1-2-4-13(5-3-1)11-22-12-15-10-21(19-18-15)9-14-8-20-6-7-23-16(20)17-14/h1-8,10H,9,11-12H2. The van der Waals surface area contributed by atoms with Crippen LogP contribution in [0.15, 0.2) is 54.3 Å². The molecular formula is C16H15N5OS. The Kier molecular flexibility index (Phi) is 3.87. The summed E-state index contributed by atoms with van der Waals surface area (Å²) in [4.78, 5) is 5.53. The van der Waals surface area contributed by atoms with Gasteiger partial charge in [0.15, 0.2) is 4.96 Å². The third-order valence-corrected chi connectivity index (χ3v) is 4.19. The average Bonchev–Trinajstić information content (AvgIpc) is 3.25. The molecule has 0 aliphatic rings. The Morgan fingerprint density at radius 3 is 2.83 bits per heavy atom. The van der Waals surface area contributed by atoms with Gasteiger partial charge in [-0.25, -0.2) is 9.67 Å². The molecule has 0 unspecified atom stereocenters. The molecule has 0 atom stereocenters. The van der Waals surface area contributed by atoms with Crippen LogP contribution in [0.25, 0.3) is 4.96 Å². The molecule has 0 bridgehead atoms. The van der Waals surface area contributed by atoms with Crippen molar-refractivity contribution >= 4 is 16.3 Å². The largest absolute Gasteiger partial charge is 0.370 e. The molecule has 7 heteroatoms. The summed E-state index contributed by atoms with van der Waals surface area (Å²) < 4.78 is 9.47. The molecule has 0 aliphatic carbocycles. The van der Waals surface area contributed by atoms with Crippen molar-refractivity contribution in [3.8, 4) is 0 Å². The van der Waals surface area contributed by atoms with Crippen LogP contribution in [0, 0.1) is 0 Å². The maximum atomic E-state index is 5.67. The van der Waals surface area contributed by atoms with Gasteiger partial charge in [0.1, 0.15) is 5.69 Å². The molecule has 3 aromatic heterocycles. The third kappa shape index (κ3) is 3.30. The maximum absolute atomic E-state index is 5.67. The van der Waals surface area contributed by atoms with Crippen LogP contribution < -0.4 is 0 Å². The summed E-state index contributed by atoms with van der Waals surface area (Å²) in [7, 11) is 0. The molecule has 4 rings (SSSR count). The van der Waals surface area contributed by atoms with E-state index in [1.807, 2.05) is 58.7 Å². The highest BCUT2D eigenvalue weighted by molar-refractivity contribution is 7.15. The maximum Gasteiger partial charge on any atom is 0.193 e. The van der Waals surface area contributed by atoms with E-state index in [4.69, 9.17) is 4.74 Å². The number of imidazole rings is 1. The number of hydrogen-bond donors (Lipinski definition) is 0. The molecule has 0 amide bonds. The van der Waals surface area contributed by atoms with Crippen molar-refractivity contribution in [2.45, 2.75) is 19.8 Å². The highest BCUT2D eigenvalue weighted by atomic mass is 32.1. The first-order valence-electron chi connectivity index (χ1n) is 7.28. The fourth-order valence-corrected chi connectivity index (χ4v) is 3.07. The van der Waals surface area contributed by atoms with Crippen molar-refractivity contribution in [2.75, 3.05) is 0 Å². The minimum atomic E-state index is 0.452. The van der Waals surface area contributed by atoms with E-state index in [1.165, 1.54) is 0 Å². The SMILES string of the molecule is c1ccc(COCc2cn(Cc3cn4ccsc4n3)nn2)cc1. The fourth-order valence-electron chi connectivity index (χ4n) is 2.35. The predicted molar refractivity (Wildman–Crippen MR) is 87.1 cm³/mol. The first-order valence-corrected chi connectivity index (χ1v) is 8.16. The lowest BCUT2D eigenvalue weighted by Gasteiger charge is -2.01. The molecule has 0 saturated carbocycles. The second kappa shape index (κ2) is 6.31. The Labute approximate surface area is 137 Å². The fraction of sp³-hybridized carbons (Fsp3) is 0.188. The van der Waals surface area contributed by atoms with Crippen molar-refractivity contribution in [3.05, 3.63) is 71.3 Å². The van der Waals surface area contributed by atoms with E-state index in [0.29, 0.717) is 19.8 Å². The van der Waals surface area contributed by atoms with E-state index in [2.05, 4.69) is 15.3 Å². The second-order valence-electron chi connectivity index (χ2n) is 5.21. The smallest absolute Gasteiger partial charge is 0.193 e. The van der Waals surface area contributed by atoms with Gasteiger partial charge in [0, 0.05) is 17.8 Å². The molecule has 0 radical (unpaired) electrons. The van der Waals surface area contributed by atoms with Crippen LogP contribution in [0.1, 0.15) is 17.0 Å². The summed E-state index contributed by atoms with van der Waals surface area (Å²) in [5, 5.41) is 10.3. The van der Waals surface area contributed by atoms with Gasteiger partial charge in [0.2, 0.25) is 0 Å².